The van der Waals surface area contributed by atoms with Crippen LogP contribution >= 0.6 is 23.4 Å². The summed E-state index contributed by atoms with van der Waals surface area (Å²) in [5, 5.41) is 2.69. The summed E-state index contributed by atoms with van der Waals surface area (Å²) < 4.78 is 26.8. The number of rotatable bonds is 4. The first-order valence-electron chi connectivity index (χ1n) is 5.89. The molecule has 7 heteroatoms. The lowest BCUT2D eigenvalue weighted by molar-refractivity contribution is -0.113. The molecule has 0 aromatic heterocycles. The molecule has 0 aliphatic carbocycles. The van der Waals surface area contributed by atoms with Crippen molar-refractivity contribution in [3.8, 4) is 0 Å². The molecule has 0 unspecified atom stereocenters. The molecule has 110 valence electrons. The Kier molecular flexibility index (Phi) is 5.03. The van der Waals surface area contributed by atoms with Gasteiger partial charge in [0.05, 0.1) is 5.75 Å². The van der Waals surface area contributed by atoms with Crippen molar-refractivity contribution in [1.82, 2.24) is 0 Å². The van der Waals surface area contributed by atoms with Crippen LogP contribution < -0.4 is 11.1 Å². The first-order valence-corrected chi connectivity index (χ1v) is 7.25. The maximum atomic E-state index is 13.4. The van der Waals surface area contributed by atoms with E-state index in [0.29, 0.717) is 15.6 Å². The van der Waals surface area contributed by atoms with E-state index in [1.54, 1.807) is 18.2 Å². The van der Waals surface area contributed by atoms with Gasteiger partial charge in [-0.1, -0.05) is 17.7 Å². The Hall–Kier alpha value is -1.79. The van der Waals surface area contributed by atoms with Gasteiger partial charge in [-0.05, 0) is 30.3 Å². The summed E-state index contributed by atoms with van der Waals surface area (Å²) in [5.74, 6) is -2.23. The van der Waals surface area contributed by atoms with Crippen LogP contribution in [0.25, 0.3) is 0 Å². The summed E-state index contributed by atoms with van der Waals surface area (Å²) in [5.41, 5.74) is 5.77. The number of amides is 1. The molecule has 3 N–H and O–H groups in total. The molecule has 2 aromatic rings. The summed E-state index contributed by atoms with van der Waals surface area (Å²) in [4.78, 5) is 12.4. The Morgan fingerprint density at radius 2 is 1.90 bits per heavy atom. The zero-order valence-corrected chi connectivity index (χ0v) is 12.3. The fourth-order valence-electron chi connectivity index (χ4n) is 1.57. The highest BCUT2D eigenvalue weighted by Gasteiger charge is 2.12. The SMILES string of the molecule is Nc1ccc(Cl)cc1SCC(=O)Nc1c(F)cccc1F. The molecule has 2 aromatic carbocycles. The van der Waals surface area contributed by atoms with Crippen LogP contribution in [0.2, 0.25) is 5.02 Å². The summed E-state index contributed by atoms with van der Waals surface area (Å²) >= 11 is 6.97. The largest absolute Gasteiger partial charge is 0.398 e. The van der Waals surface area contributed by atoms with Gasteiger partial charge in [-0.25, -0.2) is 8.78 Å². The van der Waals surface area contributed by atoms with E-state index >= 15 is 0 Å². The van der Waals surface area contributed by atoms with Gasteiger partial charge in [0.25, 0.3) is 0 Å². The molecule has 0 atom stereocenters. The van der Waals surface area contributed by atoms with Gasteiger partial charge in [-0.2, -0.15) is 0 Å². The number of thioether (sulfide) groups is 1. The molecule has 0 heterocycles. The number of nitrogens with two attached hydrogens (primary N) is 1. The predicted octanol–water partition coefficient (Wildman–Crippen LogP) is 3.93. The maximum Gasteiger partial charge on any atom is 0.234 e. The lowest BCUT2D eigenvalue weighted by atomic mass is 10.3. The minimum absolute atomic E-state index is 0.0433. The molecule has 0 fully saturated rings. The second-order valence-corrected chi connectivity index (χ2v) is 5.57. The minimum atomic E-state index is -0.824. The van der Waals surface area contributed by atoms with Gasteiger partial charge in [-0.15, -0.1) is 11.8 Å². The van der Waals surface area contributed by atoms with Crippen LogP contribution in [0, 0.1) is 11.6 Å². The monoisotopic (exact) mass is 328 g/mol. The molecule has 1 amide bonds. The van der Waals surface area contributed by atoms with Gasteiger partial charge >= 0.3 is 0 Å². The Labute approximate surface area is 129 Å². The molecular formula is C14H11ClF2N2OS. The van der Waals surface area contributed by atoms with Gasteiger partial charge in [0.15, 0.2) is 0 Å². The third kappa shape index (κ3) is 4.09. The normalized spacial score (nSPS) is 10.4. The van der Waals surface area contributed by atoms with Crippen molar-refractivity contribution in [2.24, 2.45) is 0 Å². The fourth-order valence-corrected chi connectivity index (χ4v) is 2.61. The second kappa shape index (κ2) is 6.78. The lowest BCUT2D eigenvalue weighted by Gasteiger charge is -2.08. The highest BCUT2D eigenvalue weighted by atomic mass is 35.5. The summed E-state index contributed by atoms with van der Waals surface area (Å²) in [6.45, 7) is 0. The molecule has 3 nitrogen and oxygen atoms in total. The number of hydrogen-bond donors (Lipinski definition) is 2. The molecule has 21 heavy (non-hydrogen) atoms. The van der Waals surface area contributed by atoms with E-state index < -0.39 is 23.2 Å². The van der Waals surface area contributed by atoms with Crippen molar-refractivity contribution in [3.63, 3.8) is 0 Å². The molecule has 0 aliphatic heterocycles. The third-order valence-electron chi connectivity index (χ3n) is 2.56. The lowest BCUT2D eigenvalue weighted by Crippen LogP contribution is -2.16. The number of hydrogen-bond acceptors (Lipinski definition) is 3. The maximum absolute atomic E-state index is 13.4. The van der Waals surface area contributed by atoms with E-state index in [9.17, 15) is 13.6 Å². The summed E-state index contributed by atoms with van der Waals surface area (Å²) in [7, 11) is 0. The van der Waals surface area contributed by atoms with Crippen molar-refractivity contribution in [2.75, 3.05) is 16.8 Å². The van der Waals surface area contributed by atoms with Gasteiger partial charge in [0.2, 0.25) is 5.91 Å². The van der Waals surface area contributed by atoms with Crippen molar-refractivity contribution in [2.45, 2.75) is 4.90 Å². The predicted molar refractivity (Wildman–Crippen MR) is 81.6 cm³/mol. The highest BCUT2D eigenvalue weighted by Crippen LogP contribution is 2.28. The van der Waals surface area contributed by atoms with E-state index in [0.717, 1.165) is 23.9 Å². The molecular weight excluding hydrogens is 318 g/mol. The van der Waals surface area contributed by atoms with E-state index in [-0.39, 0.29) is 5.75 Å². The first kappa shape index (κ1) is 15.6. The van der Waals surface area contributed by atoms with Crippen LogP contribution in [0.4, 0.5) is 20.2 Å². The van der Waals surface area contributed by atoms with Crippen molar-refractivity contribution >= 4 is 40.6 Å². The molecule has 0 bridgehead atoms. The third-order valence-corrected chi connectivity index (χ3v) is 3.87. The summed E-state index contributed by atoms with van der Waals surface area (Å²) in [6.07, 6.45) is 0. The average molecular weight is 329 g/mol. The van der Waals surface area contributed by atoms with Crippen molar-refractivity contribution in [1.29, 1.82) is 0 Å². The molecule has 0 saturated carbocycles. The van der Waals surface area contributed by atoms with Gasteiger partial charge in [0, 0.05) is 15.6 Å². The second-order valence-electron chi connectivity index (χ2n) is 4.12. The zero-order chi connectivity index (χ0) is 15.4. The highest BCUT2D eigenvalue weighted by molar-refractivity contribution is 8.00. The average Bonchev–Trinajstić information content (AvgIpc) is 2.44. The number of anilines is 2. The molecule has 0 aliphatic rings. The molecule has 0 spiro atoms. The first-order chi connectivity index (χ1) is 9.97. The smallest absolute Gasteiger partial charge is 0.234 e. The Morgan fingerprint density at radius 1 is 1.24 bits per heavy atom. The number of carbonyl (C=O) groups is 1. The number of nitrogens with one attached hydrogen (secondary N) is 1. The van der Waals surface area contributed by atoms with Gasteiger partial charge in [0.1, 0.15) is 17.3 Å². The molecule has 2 rings (SSSR count). The Morgan fingerprint density at radius 3 is 2.57 bits per heavy atom. The van der Waals surface area contributed by atoms with Crippen LogP contribution in [-0.4, -0.2) is 11.7 Å². The van der Waals surface area contributed by atoms with E-state index in [2.05, 4.69) is 5.32 Å². The Bertz CT molecular complexity index is 662. The zero-order valence-electron chi connectivity index (χ0n) is 10.7. The number of benzene rings is 2. The number of nitrogen functional groups attached to an aromatic ring is 1. The number of halogens is 3. The van der Waals surface area contributed by atoms with Gasteiger partial charge in [-0.3, -0.25) is 4.79 Å². The molecule has 0 radical (unpaired) electrons. The van der Waals surface area contributed by atoms with Crippen molar-refractivity contribution in [3.05, 3.63) is 53.1 Å². The van der Waals surface area contributed by atoms with Crippen LogP contribution in [-0.2, 0) is 4.79 Å². The molecule has 0 saturated heterocycles. The van der Waals surface area contributed by atoms with E-state index in [1.807, 2.05) is 0 Å². The fraction of sp³-hybridized carbons (Fsp3) is 0.0714. The van der Waals surface area contributed by atoms with Crippen molar-refractivity contribution < 1.29 is 13.6 Å². The Balaban J connectivity index is 2.01. The minimum Gasteiger partial charge on any atom is -0.398 e. The quantitative estimate of drug-likeness (QED) is 0.660. The van der Waals surface area contributed by atoms with Crippen LogP contribution in [0.1, 0.15) is 0 Å². The topological polar surface area (TPSA) is 55.1 Å². The van der Waals surface area contributed by atoms with E-state index in [4.69, 9.17) is 17.3 Å². The van der Waals surface area contributed by atoms with Crippen LogP contribution in [0.5, 0.6) is 0 Å². The standard InChI is InChI=1S/C14H11ClF2N2OS/c15-8-4-5-11(18)12(6-8)21-7-13(20)19-14-9(16)2-1-3-10(14)17/h1-6H,7,18H2,(H,19,20). The van der Waals surface area contributed by atoms with Crippen LogP contribution in [0.15, 0.2) is 41.3 Å². The van der Waals surface area contributed by atoms with E-state index in [1.165, 1.54) is 6.07 Å². The summed E-state index contributed by atoms with van der Waals surface area (Å²) in [6, 6.07) is 8.25. The van der Waals surface area contributed by atoms with Crippen LogP contribution in [0.3, 0.4) is 0 Å². The number of carbonyl (C=O) groups excluding carboxylic acids is 1. The number of para-hydroxylation sites is 1. The van der Waals surface area contributed by atoms with Gasteiger partial charge < -0.3 is 11.1 Å².